The van der Waals surface area contributed by atoms with Gasteiger partial charge in [0.15, 0.2) is 12.4 Å². The number of ether oxygens (including phenoxy) is 2. The van der Waals surface area contributed by atoms with Crippen LogP contribution in [0, 0.1) is 22.0 Å². The van der Waals surface area contributed by atoms with Gasteiger partial charge in [-0.05, 0) is 85.3 Å². The van der Waals surface area contributed by atoms with E-state index in [1.54, 1.807) is 24.3 Å². The Morgan fingerprint density at radius 3 is 2.13 bits per heavy atom. The second-order valence-corrected chi connectivity index (χ2v) is 11.1. The van der Waals surface area contributed by atoms with Crippen LogP contribution in [0.25, 0.3) is 0 Å². The molecule has 1 aliphatic heterocycles. The van der Waals surface area contributed by atoms with Crippen LogP contribution in [0.1, 0.15) is 51.5 Å². The molecule has 226 valence electrons. The molecule has 1 aliphatic carbocycles. The van der Waals surface area contributed by atoms with Crippen molar-refractivity contribution in [2.75, 3.05) is 11.5 Å². The number of benzene rings is 4. The molecule has 3 atom stereocenters. The molecule has 6 rings (SSSR count). The maximum atomic E-state index is 13.5. The summed E-state index contributed by atoms with van der Waals surface area (Å²) in [4.78, 5) is 63.8. The molecule has 10 heteroatoms. The van der Waals surface area contributed by atoms with Gasteiger partial charge in [-0.2, -0.15) is 0 Å². The molecule has 4 aromatic rings. The van der Waals surface area contributed by atoms with Crippen molar-refractivity contribution < 1.29 is 33.6 Å². The second-order valence-electron chi connectivity index (χ2n) is 11.1. The number of nitro benzene ring substituents is 1. The Morgan fingerprint density at radius 1 is 0.778 bits per heavy atom. The Labute approximate surface area is 258 Å². The minimum atomic E-state index is -0.760. The number of imide groups is 1. The number of hydrogen-bond acceptors (Lipinski definition) is 8. The Kier molecular flexibility index (Phi) is 8.20. The first-order valence-electron chi connectivity index (χ1n) is 14.5. The minimum Gasteiger partial charge on any atom is -0.457 e. The molecular formula is C35H28N2O8. The van der Waals surface area contributed by atoms with Crippen LogP contribution in [0.3, 0.4) is 0 Å². The summed E-state index contributed by atoms with van der Waals surface area (Å²) in [6.45, 7) is -0.516. The van der Waals surface area contributed by atoms with Gasteiger partial charge in [-0.3, -0.25) is 29.4 Å². The van der Waals surface area contributed by atoms with Crippen molar-refractivity contribution in [2.45, 2.75) is 25.2 Å². The van der Waals surface area contributed by atoms with Gasteiger partial charge >= 0.3 is 5.97 Å². The molecule has 0 aromatic heterocycles. The van der Waals surface area contributed by atoms with Crippen molar-refractivity contribution in [3.8, 4) is 11.5 Å². The highest BCUT2D eigenvalue weighted by Gasteiger charge is 2.50. The summed E-state index contributed by atoms with van der Waals surface area (Å²) in [6, 6.07) is 27.9. The Morgan fingerprint density at radius 2 is 1.44 bits per heavy atom. The fourth-order valence-corrected chi connectivity index (χ4v) is 6.01. The molecule has 0 radical (unpaired) electrons. The number of carbonyl (C=O) groups excluding carboxylic acids is 4. The maximum absolute atomic E-state index is 13.5. The van der Waals surface area contributed by atoms with E-state index in [1.807, 2.05) is 18.2 Å². The lowest BCUT2D eigenvalue weighted by Crippen LogP contribution is -2.31. The van der Waals surface area contributed by atoms with Crippen LogP contribution in [-0.4, -0.2) is 35.1 Å². The summed E-state index contributed by atoms with van der Waals surface area (Å²) >= 11 is 0. The molecule has 4 aromatic carbocycles. The number of amides is 2. The molecule has 1 heterocycles. The van der Waals surface area contributed by atoms with Crippen molar-refractivity contribution in [1.29, 1.82) is 0 Å². The van der Waals surface area contributed by atoms with Crippen molar-refractivity contribution in [3.63, 3.8) is 0 Å². The SMILES string of the molecule is O=C(COC(=O)c1cccc(N2C(=O)[C@@H]3CC[C@H](c4ccccc4)C[C@H]3C2=O)c1)c1ccc(Oc2ccc([N+](=O)[O-])cc2)cc1. The summed E-state index contributed by atoms with van der Waals surface area (Å²) in [6.07, 6.45) is 2.05. The molecular weight excluding hydrogens is 576 g/mol. The number of hydrogen-bond donors (Lipinski definition) is 0. The molecule has 1 saturated heterocycles. The van der Waals surface area contributed by atoms with E-state index in [0.29, 0.717) is 30.0 Å². The number of carbonyl (C=O) groups is 4. The Balaban J connectivity index is 1.06. The van der Waals surface area contributed by atoms with Gasteiger partial charge in [0.1, 0.15) is 11.5 Å². The number of anilines is 1. The number of fused-ring (bicyclic) bond motifs is 1. The minimum absolute atomic E-state index is 0.0578. The van der Waals surface area contributed by atoms with Crippen LogP contribution in [0.4, 0.5) is 11.4 Å². The normalized spacial score (nSPS) is 19.1. The van der Waals surface area contributed by atoms with E-state index in [9.17, 15) is 29.3 Å². The second kappa shape index (κ2) is 12.5. The molecule has 0 bridgehead atoms. The van der Waals surface area contributed by atoms with Crippen molar-refractivity contribution in [2.24, 2.45) is 11.8 Å². The average molecular weight is 605 g/mol. The van der Waals surface area contributed by atoms with Gasteiger partial charge in [0, 0.05) is 17.7 Å². The van der Waals surface area contributed by atoms with Gasteiger partial charge in [-0.25, -0.2) is 4.79 Å². The fourth-order valence-electron chi connectivity index (χ4n) is 6.01. The first-order chi connectivity index (χ1) is 21.8. The zero-order valence-corrected chi connectivity index (χ0v) is 24.0. The number of nitrogens with zero attached hydrogens (tertiary/aromatic N) is 2. The van der Waals surface area contributed by atoms with E-state index >= 15 is 0 Å². The van der Waals surface area contributed by atoms with Crippen LogP contribution in [0.15, 0.2) is 103 Å². The standard InChI is InChI=1S/C35H28N2O8/c38-32(23-9-14-28(15-10-23)45-29-16-12-26(13-17-29)37(42)43)21-44-35(41)25-7-4-8-27(19-25)36-33(39)30-18-11-24(20-31(30)34(36)40)22-5-2-1-3-6-22/h1-10,12-17,19,24,30-31H,11,18,20-21H2/t24-,30+,31+/m0/s1. The van der Waals surface area contributed by atoms with Crippen molar-refractivity contribution >= 4 is 34.9 Å². The van der Waals surface area contributed by atoms with Crippen LogP contribution in [0.2, 0.25) is 0 Å². The number of nitro groups is 1. The summed E-state index contributed by atoms with van der Waals surface area (Å²) in [5.74, 6) is -1.48. The lowest BCUT2D eigenvalue weighted by Gasteiger charge is -2.28. The zero-order chi connectivity index (χ0) is 31.5. The molecule has 45 heavy (non-hydrogen) atoms. The van der Waals surface area contributed by atoms with E-state index in [1.165, 1.54) is 59.0 Å². The van der Waals surface area contributed by atoms with Gasteiger partial charge in [0.05, 0.1) is 28.0 Å². The Hall–Kier alpha value is -5.64. The van der Waals surface area contributed by atoms with Gasteiger partial charge in [0.2, 0.25) is 11.8 Å². The largest absolute Gasteiger partial charge is 0.457 e. The first kappa shape index (κ1) is 29.4. The van der Waals surface area contributed by atoms with E-state index in [4.69, 9.17) is 9.47 Å². The van der Waals surface area contributed by atoms with Gasteiger partial charge in [-0.15, -0.1) is 0 Å². The first-order valence-corrected chi connectivity index (χ1v) is 14.5. The number of non-ortho nitro benzene ring substituents is 1. The molecule has 10 nitrogen and oxygen atoms in total. The van der Waals surface area contributed by atoms with E-state index in [2.05, 4.69) is 12.1 Å². The van der Waals surface area contributed by atoms with Crippen LogP contribution in [-0.2, 0) is 14.3 Å². The summed E-state index contributed by atoms with van der Waals surface area (Å²) < 4.78 is 10.9. The van der Waals surface area contributed by atoms with Crippen LogP contribution < -0.4 is 9.64 Å². The summed E-state index contributed by atoms with van der Waals surface area (Å²) in [5, 5.41) is 10.8. The molecule has 0 spiro atoms. The molecule has 2 aliphatic rings. The highest BCUT2D eigenvalue weighted by Crippen LogP contribution is 2.45. The van der Waals surface area contributed by atoms with E-state index in [-0.39, 0.29) is 40.5 Å². The Bertz CT molecular complexity index is 1770. The highest BCUT2D eigenvalue weighted by atomic mass is 16.6. The monoisotopic (exact) mass is 604 g/mol. The van der Waals surface area contributed by atoms with Gasteiger partial charge in [-0.1, -0.05) is 36.4 Å². The molecule has 0 N–H and O–H groups in total. The predicted octanol–water partition coefficient (Wildman–Crippen LogP) is 6.50. The average Bonchev–Trinajstić information content (AvgIpc) is 3.32. The third-order valence-corrected chi connectivity index (χ3v) is 8.33. The lowest BCUT2D eigenvalue weighted by atomic mass is 9.73. The number of rotatable bonds is 9. The van der Waals surface area contributed by atoms with Gasteiger partial charge in [0.25, 0.3) is 5.69 Å². The third kappa shape index (κ3) is 6.21. The van der Waals surface area contributed by atoms with Gasteiger partial charge < -0.3 is 9.47 Å². The van der Waals surface area contributed by atoms with E-state index < -0.39 is 29.2 Å². The molecule has 2 fully saturated rings. The van der Waals surface area contributed by atoms with Crippen molar-refractivity contribution in [3.05, 3.63) is 130 Å². The lowest BCUT2D eigenvalue weighted by molar-refractivity contribution is -0.384. The third-order valence-electron chi connectivity index (χ3n) is 8.33. The molecule has 0 unspecified atom stereocenters. The smallest absolute Gasteiger partial charge is 0.338 e. The maximum Gasteiger partial charge on any atom is 0.338 e. The number of esters is 1. The fraction of sp³-hybridized carbons (Fsp3) is 0.200. The van der Waals surface area contributed by atoms with Crippen LogP contribution in [0.5, 0.6) is 11.5 Å². The zero-order valence-electron chi connectivity index (χ0n) is 24.0. The quantitative estimate of drug-likeness (QED) is 0.0695. The predicted molar refractivity (Wildman–Crippen MR) is 163 cm³/mol. The highest BCUT2D eigenvalue weighted by molar-refractivity contribution is 6.22. The number of Topliss-reactive ketones (excluding diaryl/α,β-unsaturated/α-hetero) is 1. The van der Waals surface area contributed by atoms with E-state index in [0.717, 1.165) is 6.42 Å². The topological polar surface area (TPSA) is 133 Å². The van der Waals surface area contributed by atoms with Crippen LogP contribution >= 0.6 is 0 Å². The summed E-state index contributed by atoms with van der Waals surface area (Å²) in [7, 11) is 0. The molecule has 1 saturated carbocycles. The van der Waals surface area contributed by atoms with Crippen molar-refractivity contribution in [1.82, 2.24) is 0 Å². The summed E-state index contributed by atoms with van der Waals surface area (Å²) in [5.41, 5.74) is 1.82. The molecule has 2 amide bonds. The number of ketones is 1.